The fraction of sp³-hybridized carbons (Fsp3) is 0.467. The molecular weight excluding hydrogens is 342 g/mol. The Labute approximate surface area is 140 Å². The number of Topliss-reactive ketones (excluding diaryl/α,β-unsaturated/α-hetero) is 1. The molecule has 1 aromatic rings. The van der Waals surface area contributed by atoms with Gasteiger partial charge in [-0.2, -0.15) is 0 Å². The molecule has 0 aliphatic carbocycles. The number of hydrogen-bond donors (Lipinski definition) is 0. The zero-order chi connectivity index (χ0) is 17.2. The summed E-state index contributed by atoms with van der Waals surface area (Å²) in [4.78, 5) is 25.1. The Kier molecular flexibility index (Phi) is 5.31. The van der Waals surface area contributed by atoms with E-state index in [1.807, 2.05) is 0 Å². The van der Waals surface area contributed by atoms with E-state index < -0.39 is 9.84 Å². The number of benzene rings is 1. The number of nitrogens with zero attached hydrogens (tertiary/aromatic N) is 1. The third kappa shape index (κ3) is 4.45. The van der Waals surface area contributed by atoms with Crippen molar-refractivity contribution in [3.63, 3.8) is 0 Å². The Balaban J connectivity index is 2.01. The molecule has 0 unspecified atom stereocenters. The number of carbonyl (C=O) groups excluding carboxylic acids is 2. The van der Waals surface area contributed by atoms with E-state index in [4.69, 9.17) is 16.3 Å². The largest absolute Gasteiger partial charge is 0.483 e. The molecule has 1 saturated heterocycles. The summed E-state index contributed by atoms with van der Waals surface area (Å²) in [6, 6.07) is 4.26. The van der Waals surface area contributed by atoms with Crippen molar-refractivity contribution in [2.45, 2.75) is 19.4 Å². The number of amides is 1. The van der Waals surface area contributed by atoms with E-state index in [2.05, 4.69) is 0 Å². The van der Waals surface area contributed by atoms with Crippen molar-refractivity contribution in [2.75, 3.05) is 25.2 Å². The highest BCUT2D eigenvalue weighted by atomic mass is 35.5. The zero-order valence-corrected chi connectivity index (χ0v) is 14.5. The quantitative estimate of drug-likeness (QED) is 0.745. The van der Waals surface area contributed by atoms with Gasteiger partial charge in [0.05, 0.1) is 17.1 Å². The predicted molar refractivity (Wildman–Crippen MR) is 86.8 cm³/mol. The van der Waals surface area contributed by atoms with Gasteiger partial charge in [-0.1, -0.05) is 11.6 Å². The zero-order valence-electron chi connectivity index (χ0n) is 12.9. The molecule has 1 atom stereocenters. The van der Waals surface area contributed by atoms with Crippen molar-refractivity contribution in [1.82, 2.24) is 4.90 Å². The van der Waals surface area contributed by atoms with Gasteiger partial charge in [0.1, 0.15) is 5.75 Å². The number of ketones is 1. The van der Waals surface area contributed by atoms with Crippen LogP contribution in [0.4, 0.5) is 0 Å². The average Bonchev–Trinajstić information content (AvgIpc) is 2.84. The molecule has 0 N–H and O–H groups in total. The highest BCUT2D eigenvalue weighted by Crippen LogP contribution is 2.24. The van der Waals surface area contributed by atoms with Gasteiger partial charge in [0.15, 0.2) is 22.2 Å². The Morgan fingerprint density at radius 1 is 1.39 bits per heavy atom. The number of ether oxygens (including phenoxy) is 1. The molecule has 2 rings (SSSR count). The molecule has 0 aromatic heterocycles. The molecule has 0 bridgehead atoms. The lowest BCUT2D eigenvalue weighted by Crippen LogP contribution is -2.40. The summed E-state index contributed by atoms with van der Waals surface area (Å²) in [5.74, 6) is -0.194. The van der Waals surface area contributed by atoms with Crippen LogP contribution in [0.1, 0.15) is 23.7 Å². The summed E-state index contributed by atoms with van der Waals surface area (Å²) < 4.78 is 28.4. The van der Waals surface area contributed by atoms with E-state index in [1.54, 1.807) is 13.1 Å². The van der Waals surface area contributed by atoms with Crippen molar-refractivity contribution in [3.05, 3.63) is 28.8 Å². The van der Waals surface area contributed by atoms with Crippen LogP contribution in [0.2, 0.25) is 5.02 Å². The second-order valence-electron chi connectivity index (χ2n) is 5.55. The van der Waals surface area contributed by atoms with Crippen LogP contribution in [-0.4, -0.2) is 56.2 Å². The van der Waals surface area contributed by atoms with Crippen molar-refractivity contribution >= 4 is 33.1 Å². The summed E-state index contributed by atoms with van der Waals surface area (Å²) in [5, 5.41) is 0.405. The maximum Gasteiger partial charge on any atom is 0.260 e. The van der Waals surface area contributed by atoms with Gasteiger partial charge in [0.25, 0.3) is 5.91 Å². The second kappa shape index (κ2) is 6.88. The minimum atomic E-state index is -3.06. The van der Waals surface area contributed by atoms with Crippen LogP contribution in [-0.2, 0) is 14.6 Å². The van der Waals surface area contributed by atoms with E-state index in [1.165, 1.54) is 24.0 Å². The summed E-state index contributed by atoms with van der Waals surface area (Å²) in [6.07, 6.45) is 0.435. The number of halogens is 1. The fourth-order valence-electron chi connectivity index (χ4n) is 2.43. The molecule has 0 spiro atoms. The molecule has 1 fully saturated rings. The van der Waals surface area contributed by atoms with Gasteiger partial charge in [0.2, 0.25) is 0 Å². The summed E-state index contributed by atoms with van der Waals surface area (Å²) in [7, 11) is -1.50. The predicted octanol–water partition coefficient (Wildman–Crippen LogP) is 1.57. The molecule has 1 aliphatic heterocycles. The minimum absolute atomic E-state index is 0.0190. The van der Waals surface area contributed by atoms with Crippen molar-refractivity contribution < 1.29 is 22.7 Å². The normalized spacial score (nSPS) is 19.3. The molecule has 23 heavy (non-hydrogen) atoms. The summed E-state index contributed by atoms with van der Waals surface area (Å²) >= 11 is 5.85. The van der Waals surface area contributed by atoms with Crippen molar-refractivity contribution in [3.8, 4) is 5.75 Å². The van der Waals surface area contributed by atoms with Gasteiger partial charge < -0.3 is 9.64 Å². The molecule has 1 heterocycles. The Bertz CT molecular complexity index is 731. The Hall–Kier alpha value is -1.60. The molecule has 8 heteroatoms. The van der Waals surface area contributed by atoms with Crippen LogP contribution in [0, 0.1) is 0 Å². The number of likely N-dealkylation sites (N-methyl/N-ethyl adjacent to an activating group) is 1. The topological polar surface area (TPSA) is 80.8 Å². The summed E-state index contributed by atoms with van der Waals surface area (Å²) in [5.41, 5.74) is 0.302. The minimum Gasteiger partial charge on any atom is -0.483 e. The lowest BCUT2D eigenvalue weighted by Gasteiger charge is -2.23. The first-order valence-electron chi connectivity index (χ1n) is 7.09. The van der Waals surface area contributed by atoms with Crippen molar-refractivity contribution in [1.29, 1.82) is 0 Å². The molecular formula is C15H18ClNO5S. The maximum absolute atomic E-state index is 12.2. The van der Waals surface area contributed by atoms with Crippen LogP contribution in [0.3, 0.4) is 0 Å². The molecule has 126 valence electrons. The highest BCUT2D eigenvalue weighted by Gasteiger charge is 2.32. The van der Waals surface area contributed by atoms with Gasteiger partial charge in [-0.3, -0.25) is 9.59 Å². The molecule has 0 saturated carbocycles. The van der Waals surface area contributed by atoms with Gasteiger partial charge >= 0.3 is 0 Å². The van der Waals surface area contributed by atoms with Gasteiger partial charge in [0, 0.05) is 18.1 Å². The smallest absolute Gasteiger partial charge is 0.260 e. The molecule has 0 radical (unpaired) electrons. The van der Waals surface area contributed by atoms with Gasteiger partial charge in [-0.15, -0.1) is 0 Å². The van der Waals surface area contributed by atoms with Crippen LogP contribution >= 0.6 is 11.6 Å². The van der Waals surface area contributed by atoms with E-state index in [0.717, 1.165) is 0 Å². The van der Waals surface area contributed by atoms with E-state index in [9.17, 15) is 18.0 Å². The van der Waals surface area contributed by atoms with E-state index in [-0.39, 0.29) is 41.6 Å². The first-order valence-corrected chi connectivity index (χ1v) is 9.29. The third-order valence-electron chi connectivity index (χ3n) is 3.82. The average molecular weight is 360 g/mol. The lowest BCUT2D eigenvalue weighted by molar-refractivity contribution is -0.133. The van der Waals surface area contributed by atoms with Crippen LogP contribution < -0.4 is 4.74 Å². The Morgan fingerprint density at radius 3 is 2.65 bits per heavy atom. The molecule has 6 nitrogen and oxygen atoms in total. The van der Waals surface area contributed by atoms with Crippen LogP contribution in [0.5, 0.6) is 5.75 Å². The lowest BCUT2D eigenvalue weighted by atomic mass is 10.1. The first kappa shape index (κ1) is 17.7. The SMILES string of the molecule is CC(=O)c1cc(Cl)ccc1OCC(=O)N(C)[C@@H]1CCS(=O)(=O)C1. The van der Waals surface area contributed by atoms with Crippen molar-refractivity contribution in [2.24, 2.45) is 0 Å². The number of hydrogen-bond acceptors (Lipinski definition) is 5. The summed E-state index contributed by atoms with van der Waals surface area (Å²) in [6.45, 7) is 1.12. The molecule has 1 aliphatic rings. The van der Waals surface area contributed by atoms with Gasteiger partial charge in [-0.05, 0) is 31.5 Å². The van der Waals surface area contributed by atoms with Crippen LogP contribution in [0.25, 0.3) is 0 Å². The number of carbonyl (C=O) groups is 2. The monoisotopic (exact) mass is 359 g/mol. The number of sulfone groups is 1. The second-order valence-corrected chi connectivity index (χ2v) is 8.21. The Morgan fingerprint density at radius 2 is 2.09 bits per heavy atom. The highest BCUT2D eigenvalue weighted by molar-refractivity contribution is 7.91. The fourth-order valence-corrected chi connectivity index (χ4v) is 4.38. The number of rotatable bonds is 5. The maximum atomic E-state index is 12.2. The first-order chi connectivity index (χ1) is 10.7. The molecule has 1 aromatic carbocycles. The molecule has 1 amide bonds. The van der Waals surface area contributed by atoms with E-state index in [0.29, 0.717) is 17.0 Å². The third-order valence-corrected chi connectivity index (χ3v) is 5.81. The van der Waals surface area contributed by atoms with E-state index >= 15 is 0 Å². The standard InChI is InChI=1S/C15H18ClNO5S/c1-10(18)13-7-11(16)3-4-14(13)22-8-15(19)17(2)12-5-6-23(20,21)9-12/h3-4,7,12H,5-6,8-9H2,1-2H3/t12-/m1/s1. The van der Waals surface area contributed by atoms with Crippen LogP contribution in [0.15, 0.2) is 18.2 Å². The van der Waals surface area contributed by atoms with Gasteiger partial charge in [-0.25, -0.2) is 8.42 Å².